The molecule has 1 unspecified atom stereocenters. The van der Waals surface area contributed by atoms with E-state index in [1.54, 1.807) is 0 Å². The van der Waals surface area contributed by atoms with E-state index >= 15 is 0 Å². The molecule has 4 heteroatoms. The van der Waals surface area contributed by atoms with E-state index in [0.29, 0.717) is 0 Å². The highest BCUT2D eigenvalue weighted by molar-refractivity contribution is 6.31. The molecule has 1 atom stereocenters. The van der Waals surface area contributed by atoms with Crippen molar-refractivity contribution in [3.63, 3.8) is 0 Å². The Balaban J connectivity index is 2.43. The van der Waals surface area contributed by atoms with Crippen molar-refractivity contribution < 1.29 is 5.11 Å². The molecule has 1 aromatic heterocycles. The zero-order chi connectivity index (χ0) is 12.1. The van der Waals surface area contributed by atoms with Crippen LogP contribution in [0.3, 0.4) is 0 Å². The standard InChI is InChI=1S/C12H21ClN2O/c1-4-6-10(16)7-5-8-11-12(13)9(2)14-15(11)3/h10,16H,4-8H2,1-3H3. The minimum atomic E-state index is -0.168. The normalized spacial score (nSPS) is 13.1. The van der Waals surface area contributed by atoms with E-state index in [1.807, 2.05) is 18.7 Å². The van der Waals surface area contributed by atoms with Crippen molar-refractivity contribution in [2.45, 2.75) is 52.1 Å². The summed E-state index contributed by atoms with van der Waals surface area (Å²) < 4.78 is 1.84. The average Bonchev–Trinajstić information content (AvgIpc) is 2.45. The van der Waals surface area contributed by atoms with Crippen LogP contribution in [0, 0.1) is 6.92 Å². The maximum absolute atomic E-state index is 9.62. The van der Waals surface area contributed by atoms with Crippen LogP contribution in [-0.2, 0) is 13.5 Å². The van der Waals surface area contributed by atoms with Crippen LogP contribution in [0.15, 0.2) is 0 Å². The quantitative estimate of drug-likeness (QED) is 0.836. The number of rotatable bonds is 6. The van der Waals surface area contributed by atoms with Crippen LogP contribution in [0.25, 0.3) is 0 Å². The van der Waals surface area contributed by atoms with Gasteiger partial charge in [0.15, 0.2) is 0 Å². The van der Waals surface area contributed by atoms with E-state index in [2.05, 4.69) is 12.0 Å². The van der Waals surface area contributed by atoms with Gasteiger partial charge in [-0.2, -0.15) is 5.10 Å². The number of aliphatic hydroxyl groups is 1. The van der Waals surface area contributed by atoms with Gasteiger partial charge in [-0.3, -0.25) is 4.68 Å². The Bertz CT molecular complexity index is 336. The summed E-state index contributed by atoms with van der Waals surface area (Å²) in [6.45, 7) is 4.00. The number of hydrogen-bond donors (Lipinski definition) is 1. The van der Waals surface area contributed by atoms with E-state index in [0.717, 1.165) is 48.5 Å². The Morgan fingerprint density at radius 2 is 2.12 bits per heavy atom. The van der Waals surface area contributed by atoms with Gasteiger partial charge in [-0.25, -0.2) is 0 Å². The Hall–Kier alpha value is -0.540. The zero-order valence-corrected chi connectivity index (χ0v) is 11.1. The fourth-order valence-electron chi connectivity index (χ4n) is 1.93. The first-order valence-corrected chi connectivity index (χ1v) is 6.30. The first kappa shape index (κ1) is 13.5. The predicted octanol–water partition coefficient (Wildman–Crippen LogP) is 2.87. The van der Waals surface area contributed by atoms with Crippen LogP contribution in [0.5, 0.6) is 0 Å². The minimum absolute atomic E-state index is 0.168. The molecule has 0 bridgehead atoms. The van der Waals surface area contributed by atoms with E-state index in [1.165, 1.54) is 0 Å². The summed E-state index contributed by atoms with van der Waals surface area (Å²) in [5.74, 6) is 0. The van der Waals surface area contributed by atoms with Gasteiger partial charge in [-0.15, -0.1) is 0 Å². The van der Waals surface area contributed by atoms with Crippen LogP contribution >= 0.6 is 11.6 Å². The van der Waals surface area contributed by atoms with Gasteiger partial charge >= 0.3 is 0 Å². The molecule has 92 valence electrons. The number of nitrogens with zero attached hydrogens (tertiary/aromatic N) is 2. The summed E-state index contributed by atoms with van der Waals surface area (Å²) in [7, 11) is 1.91. The molecule has 0 aromatic carbocycles. The molecule has 0 radical (unpaired) electrons. The van der Waals surface area contributed by atoms with E-state index < -0.39 is 0 Å². The van der Waals surface area contributed by atoms with E-state index in [4.69, 9.17) is 11.6 Å². The second kappa shape index (κ2) is 6.26. The van der Waals surface area contributed by atoms with Gasteiger partial charge in [-0.1, -0.05) is 24.9 Å². The first-order valence-electron chi connectivity index (χ1n) is 5.92. The molecular weight excluding hydrogens is 224 g/mol. The second-order valence-electron chi connectivity index (χ2n) is 4.30. The Kier molecular flexibility index (Phi) is 5.29. The molecule has 0 spiro atoms. The molecule has 3 nitrogen and oxygen atoms in total. The monoisotopic (exact) mass is 244 g/mol. The lowest BCUT2D eigenvalue weighted by Gasteiger charge is -2.08. The van der Waals surface area contributed by atoms with E-state index in [9.17, 15) is 5.11 Å². The minimum Gasteiger partial charge on any atom is -0.393 e. The van der Waals surface area contributed by atoms with Crippen LogP contribution in [-0.4, -0.2) is 21.0 Å². The summed E-state index contributed by atoms with van der Waals surface area (Å²) in [6.07, 6.45) is 4.44. The molecule has 1 aromatic rings. The number of aliphatic hydroxyl groups excluding tert-OH is 1. The lowest BCUT2D eigenvalue weighted by Crippen LogP contribution is -2.07. The Morgan fingerprint density at radius 3 is 2.62 bits per heavy atom. The third-order valence-electron chi connectivity index (χ3n) is 2.83. The maximum Gasteiger partial charge on any atom is 0.0846 e. The molecule has 16 heavy (non-hydrogen) atoms. The fraction of sp³-hybridized carbons (Fsp3) is 0.750. The van der Waals surface area contributed by atoms with Gasteiger partial charge in [0.1, 0.15) is 0 Å². The van der Waals surface area contributed by atoms with Gasteiger partial charge in [0, 0.05) is 7.05 Å². The van der Waals surface area contributed by atoms with Crippen LogP contribution in [0.4, 0.5) is 0 Å². The van der Waals surface area contributed by atoms with Gasteiger partial charge in [0.2, 0.25) is 0 Å². The molecule has 1 N–H and O–H groups in total. The topological polar surface area (TPSA) is 38.1 Å². The molecule has 0 aliphatic carbocycles. The van der Waals surface area contributed by atoms with Gasteiger partial charge in [-0.05, 0) is 32.6 Å². The summed E-state index contributed by atoms with van der Waals surface area (Å²) in [6, 6.07) is 0. The summed E-state index contributed by atoms with van der Waals surface area (Å²) in [4.78, 5) is 0. The second-order valence-corrected chi connectivity index (χ2v) is 4.68. The molecule has 0 fully saturated rings. The molecular formula is C12H21ClN2O. The number of halogens is 1. The number of aromatic nitrogens is 2. The van der Waals surface area contributed by atoms with Crippen molar-refractivity contribution in [1.29, 1.82) is 0 Å². The molecule has 0 aliphatic rings. The predicted molar refractivity (Wildman–Crippen MR) is 66.8 cm³/mol. The number of aryl methyl sites for hydroxylation is 2. The first-order chi connectivity index (χ1) is 7.56. The SMILES string of the molecule is CCCC(O)CCCc1c(Cl)c(C)nn1C. The number of hydrogen-bond acceptors (Lipinski definition) is 2. The van der Waals surface area contributed by atoms with Crippen LogP contribution < -0.4 is 0 Å². The summed E-state index contributed by atoms with van der Waals surface area (Å²) in [5, 5.41) is 14.7. The van der Waals surface area contributed by atoms with Crippen LogP contribution in [0.1, 0.15) is 44.0 Å². The largest absolute Gasteiger partial charge is 0.393 e. The van der Waals surface area contributed by atoms with Crippen molar-refractivity contribution in [2.75, 3.05) is 0 Å². The van der Waals surface area contributed by atoms with Crippen molar-refractivity contribution in [2.24, 2.45) is 7.05 Å². The van der Waals surface area contributed by atoms with Crippen molar-refractivity contribution in [3.05, 3.63) is 16.4 Å². The third kappa shape index (κ3) is 3.49. The van der Waals surface area contributed by atoms with Crippen molar-refractivity contribution in [1.82, 2.24) is 9.78 Å². The summed E-state index contributed by atoms with van der Waals surface area (Å²) >= 11 is 6.14. The van der Waals surface area contributed by atoms with Gasteiger partial charge in [0.05, 0.1) is 22.5 Å². The zero-order valence-electron chi connectivity index (χ0n) is 10.3. The van der Waals surface area contributed by atoms with Crippen LogP contribution in [0.2, 0.25) is 5.02 Å². The molecule has 1 heterocycles. The molecule has 0 saturated heterocycles. The average molecular weight is 245 g/mol. The van der Waals surface area contributed by atoms with Crippen molar-refractivity contribution >= 4 is 11.6 Å². The smallest absolute Gasteiger partial charge is 0.0846 e. The van der Waals surface area contributed by atoms with Gasteiger partial charge in [0.25, 0.3) is 0 Å². The lowest BCUT2D eigenvalue weighted by atomic mass is 10.1. The summed E-state index contributed by atoms with van der Waals surface area (Å²) in [5.41, 5.74) is 1.95. The highest BCUT2D eigenvalue weighted by Crippen LogP contribution is 2.21. The third-order valence-corrected chi connectivity index (χ3v) is 3.33. The highest BCUT2D eigenvalue weighted by atomic mass is 35.5. The van der Waals surface area contributed by atoms with E-state index in [-0.39, 0.29) is 6.10 Å². The lowest BCUT2D eigenvalue weighted by molar-refractivity contribution is 0.151. The Labute approximate surface area is 102 Å². The molecule has 1 rings (SSSR count). The fourth-order valence-corrected chi connectivity index (χ4v) is 2.19. The molecule has 0 amide bonds. The molecule has 0 saturated carbocycles. The maximum atomic E-state index is 9.62. The van der Waals surface area contributed by atoms with Crippen molar-refractivity contribution in [3.8, 4) is 0 Å². The molecule has 0 aliphatic heterocycles. The Morgan fingerprint density at radius 1 is 1.44 bits per heavy atom. The highest BCUT2D eigenvalue weighted by Gasteiger charge is 2.11. The van der Waals surface area contributed by atoms with Gasteiger partial charge < -0.3 is 5.11 Å².